The number of hydrogen-bond donors (Lipinski definition) is 2. The molecule has 3 heterocycles. The molecule has 2 aliphatic rings. The third-order valence-corrected chi connectivity index (χ3v) is 7.90. The van der Waals surface area contributed by atoms with Crippen LogP contribution in [0.25, 0.3) is 16.6 Å². The molecule has 1 aliphatic carbocycles. The third kappa shape index (κ3) is 5.94. The number of piperazine rings is 1. The predicted octanol–water partition coefficient (Wildman–Crippen LogP) is 4.39. The van der Waals surface area contributed by atoms with Crippen LogP contribution in [-0.4, -0.2) is 65.7 Å². The van der Waals surface area contributed by atoms with E-state index in [2.05, 4.69) is 83.1 Å². The highest BCUT2D eigenvalue weighted by molar-refractivity contribution is 5.81. The average Bonchev–Trinajstić information content (AvgIpc) is 3.40. The second kappa shape index (κ2) is 11.9. The normalized spacial score (nSPS) is 20.1. The average molecular weight is 514 g/mol. The maximum absolute atomic E-state index is 13.1. The number of hydrogen-bond acceptors (Lipinski definition) is 6. The van der Waals surface area contributed by atoms with Crippen molar-refractivity contribution in [3.8, 4) is 17.2 Å². The zero-order valence-corrected chi connectivity index (χ0v) is 22.6. The van der Waals surface area contributed by atoms with Crippen LogP contribution in [0.4, 0.5) is 11.4 Å². The Morgan fingerprint density at radius 1 is 1.03 bits per heavy atom. The number of fused-ring (bicyclic) bond motifs is 1. The number of anilines is 2. The van der Waals surface area contributed by atoms with Gasteiger partial charge < -0.3 is 20.4 Å². The summed E-state index contributed by atoms with van der Waals surface area (Å²) in [5.74, 6) is 0.494. The van der Waals surface area contributed by atoms with Gasteiger partial charge in [0.05, 0.1) is 17.3 Å². The molecule has 0 unspecified atom stereocenters. The zero-order valence-electron chi connectivity index (χ0n) is 22.6. The van der Waals surface area contributed by atoms with Crippen molar-refractivity contribution >= 4 is 22.8 Å². The summed E-state index contributed by atoms with van der Waals surface area (Å²) in [6.45, 7) is 9.23. The Balaban J connectivity index is 1.21. The van der Waals surface area contributed by atoms with E-state index in [1.807, 2.05) is 15.6 Å². The van der Waals surface area contributed by atoms with E-state index in [0.717, 1.165) is 93.0 Å². The molecule has 2 aromatic heterocycles. The molecule has 0 atom stereocenters. The zero-order chi connectivity index (χ0) is 26.5. The molecule has 200 valence electrons. The van der Waals surface area contributed by atoms with Crippen LogP contribution in [0.5, 0.6) is 0 Å². The van der Waals surface area contributed by atoms with Crippen molar-refractivity contribution in [1.82, 2.24) is 19.8 Å². The summed E-state index contributed by atoms with van der Waals surface area (Å²) in [7, 11) is 0. The molecule has 1 saturated carbocycles. The third-order valence-electron chi connectivity index (χ3n) is 7.90. The summed E-state index contributed by atoms with van der Waals surface area (Å²) in [5.41, 5.74) is 5.66. The van der Waals surface area contributed by atoms with Gasteiger partial charge in [-0.1, -0.05) is 26.0 Å². The van der Waals surface area contributed by atoms with Crippen LogP contribution in [0, 0.1) is 23.2 Å². The van der Waals surface area contributed by atoms with Crippen LogP contribution in [0.15, 0.2) is 48.8 Å². The van der Waals surface area contributed by atoms with Gasteiger partial charge >= 0.3 is 0 Å². The number of aromatic nitrogens is 2. The first-order valence-corrected chi connectivity index (χ1v) is 14.0. The van der Waals surface area contributed by atoms with Gasteiger partial charge in [0.15, 0.2) is 0 Å². The lowest BCUT2D eigenvalue weighted by atomic mass is 9.82. The lowest BCUT2D eigenvalue weighted by Gasteiger charge is -2.38. The number of nitriles is 1. The Kier molecular flexibility index (Phi) is 8.14. The van der Waals surface area contributed by atoms with E-state index < -0.39 is 0 Å². The molecular formula is C30H39N7O. The van der Waals surface area contributed by atoms with E-state index in [0.29, 0.717) is 6.04 Å². The van der Waals surface area contributed by atoms with Gasteiger partial charge in [-0.2, -0.15) is 10.4 Å². The van der Waals surface area contributed by atoms with Crippen LogP contribution in [0.1, 0.15) is 39.5 Å². The van der Waals surface area contributed by atoms with Gasteiger partial charge in [0.2, 0.25) is 5.91 Å². The van der Waals surface area contributed by atoms with Crippen molar-refractivity contribution in [2.24, 2.45) is 11.8 Å². The lowest BCUT2D eigenvalue weighted by Crippen LogP contribution is -2.50. The second-order valence-electron chi connectivity index (χ2n) is 10.9. The Morgan fingerprint density at radius 2 is 1.76 bits per heavy atom. The first-order chi connectivity index (χ1) is 18.5. The predicted molar refractivity (Wildman–Crippen MR) is 152 cm³/mol. The van der Waals surface area contributed by atoms with Crippen molar-refractivity contribution in [3.63, 3.8) is 0 Å². The molecule has 1 aliphatic heterocycles. The van der Waals surface area contributed by atoms with Crippen LogP contribution in [0.3, 0.4) is 0 Å². The van der Waals surface area contributed by atoms with Crippen molar-refractivity contribution in [2.45, 2.75) is 45.6 Å². The van der Waals surface area contributed by atoms with E-state index in [1.54, 1.807) is 0 Å². The van der Waals surface area contributed by atoms with Gasteiger partial charge in [0.25, 0.3) is 0 Å². The fourth-order valence-corrected chi connectivity index (χ4v) is 5.67. The number of nitrogens with one attached hydrogen (secondary N) is 2. The number of rotatable bonds is 8. The summed E-state index contributed by atoms with van der Waals surface area (Å²) < 4.78 is 1.96. The quantitative estimate of drug-likeness (QED) is 0.435. The van der Waals surface area contributed by atoms with Gasteiger partial charge in [-0.05, 0) is 55.5 Å². The fourth-order valence-electron chi connectivity index (χ4n) is 5.67. The number of carbonyl (C=O) groups excluding carboxylic acids is 1. The van der Waals surface area contributed by atoms with Crippen LogP contribution in [0.2, 0.25) is 0 Å². The van der Waals surface area contributed by atoms with Crippen LogP contribution in [-0.2, 0) is 4.79 Å². The Bertz CT molecular complexity index is 1260. The lowest BCUT2D eigenvalue weighted by molar-refractivity contribution is -0.137. The van der Waals surface area contributed by atoms with Crippen molar-refractivity contribution in [2.75, 3.05) is 49.5 Å². The van der Waals surface area contributed by atoms with Gasteiger partial charge in [0.1, 0.15) is 0 Å². The molecule has 1 saturated heterocycles. The SMILES string of the molecule is CC(C)NCCNc1ccc(-c2cc3c(N4CCN(C(=O)C5CCC(C#N)CC5)CC4)ccnn3c2)cc1. The summed E-state index contributed by atoms with van der Waals surface area (Å²) >= 11 is 0. The molecule has 8 nitrogen and oxygen atoms in total. The standard InChI is InChI=1S/C30H39N7O/c1-22(2)32-13-14-33-27-9-7-24(8-10-27)26-19-29-28(11-12-34-37(29)21-26)35-15-17-36(18-16-35)30(38)25-5-3-23(20-31)4-6-25/h7-12,19,21-23,25,32-33H,3-6,13-18H2,1-2H3. The summed E-state index contributed by atoms with van der Waals surface area (Å²) in [4.78, 5) is 17.5. The molecular weight excluding hydrogens is 474 g/mol. The van der Waals surface area contributed by atoms with Gasteiger partial charge in [-0.3, -0.25) is 4.79 Å². The van der Waals surface area contributed by atoms with E-state index in [-0.39, 0.29) is 17.7 Å². The maximum Gasteiger partial charge on any atom is 0.225 e. The minimum atomic E-state index is 0.0882. The Labute approximate surface area is 225 Å². The molecule has 3 aromatic rings. The second-order valence-corrected chi connectivity index (χ2v) is 10.9. The topological polar surface area (TPSA) is 88.7 Å². The van der Waals surface area contributed by atoms with E-state index in [9.17, 15) is 4.79 Å². The molecule has 1 amide bonds. The Hall–Kier alpha value is -3.57. The molecule has 2 fully saturated rings. The largest absolute Gasteiger partial charge is 0.384 e. The van der Waals surface area contributed by atoms with Crippen molar-refractivity contribution in [1.29, 1.82) is 5.26 Å². The van der Waals surface area contributed by atoms with Crippen LogP contribution < -0.4 is 15.5 Å². The van der Waals surface area contributed by atoms with E-state index in [4.69, 9.17) is 5.26 Å². The molecule has 38 heavy (non-hydrogen) atoms. The van der Waals surface area contributed by atoms with Crippen molar-refractivity contribution < 1.29 is 4.79 Å². The van der Waals surface area contributed by atoms with E-state index >= 15 is 0 Å². The summed E-state index contributed by atoms with van der Waals surface area (Å²) in [6, 6.07) is 15.7. The first kappa shape index (κ1) is 26.1. The molecule has 0 bridgehead atoms. The highest BCUT2D eigenvalue weighted by Gasteiger charge is 2.31. The number of amides is 1. The highest BCUT2D eigenvalue weighted by atomic mass is 16.2. The van der Waals surface area contributed by atoms with Gasteiger partial charge in [0, 0.05) is 80.8 Å². The minimum Gasteiger partial charge on any atom is -0.384 e. The summed E-state index contributed by atoms with van der Waals surface area (Å²) in [5, 5.41) is 20.6. The molecule has 8 heteroatoms. The molecule has 0 radical (unpaired) electrons. The first-order valence-electron chi connectivity index (χ1n) is 14.0. The number of nitrogens with zero attached hydrogens (tertiary/aromatic N) is 5. The molecule has 2 N–H and O–H groups in total. The van der Waals surface area contributed by atoms with Crippen LogP contribution >= 0.6 is 0 Å². The minimum absolute atomic E-state index is 0.0882. The van der Waals surface area contributed by atoms with E-state index in [1.165, 1.54) is 0 Å². The monoisotopic (exact) mass is 513 g/mol. The number of benzene rings is 1. The molecule has 5 rings (SSSR count). The smallest absolute Gasteiger partial charge is 0.225 e. The summed E-state index contributed by atoms with van der Waals surface area (Å²) in [6.07, 6.45) is 7.35. The molecule has 0 spiro atoms. The van der Waals surface area contributed by atoms with Gasteiger partial charge in [-0.25, -0.2) is 4.52 Å². The fraction of sp³-hybridized carbons (Fsp3) is 0.500. The number of carbonyl (C=O) groups is 1. The van der Waals surface area contributed by atoms with Gasteiger partial charge in [-0.15, -0.1) is 0 Å². The maximum atomic E-state index is 13.1. The highest BCUT2D eigenvalue weighted by Crippen LogP contribution is 2.32. The Morgan fingerprint density at radius 3 is 2.45 bits per heavy atom. The van der Waals surface area contributed by atoms with Crippen molar-refractivity contribution in [3.05, 3.63) is 48.8 Å². The molecule has 1 aromatic carbocycles.